The molecule has 146 valence electrons. The quantitative estimate of drug-likeness (QED) is 0.674. The van der Waals surface area contributed by atoms with E-state index in [0.29, 0.717) is 11.3 Å². The van der Waals surface area contributed by atoms with Crippen LogP contribution in [0, 0.1) is 0 Å². The highest BCUT2D eigenvalue weighted by molar-refractivity contribution is 7.89. The number of nitrogens with zero attached hydrogens (tertiary/aromatic N) is 1. The summed E-state index contributed by atoms with van der Waals surface area (Å²) in [6, 6.07) is 10.6. The van der Waals surface area contributed by atoms with E-state index in [-0.39, 0.29) is 15.8 Å². The molecule has 0 aromatic heterocycles. The minimum Gasteiger partial charge on any atom is -0.321 e. The van der Waals surface area contributed by atoms with Gasteiger partial charge in [0.2, 0.25) is 20.0 Å². The van der Waals surface area contributed by atoms with E-state index in [4.69, 9.17) is 10.3 Å². The predicted molar refractivity (Wildman–Crippen MR) is 101 cm³/mol. The first kappa shape index (κ1) is 20.8. The molecular weight excluding hydrogens is 392 g/mol. The predicted octanol–water partition coefficient (Wildman–Crippen LogP) is 1.21. The Hall–Kier alpha value is -2.47. The van der Waals surface area contributed by atoms with Gasteiger partial charge in [0.1, 0.15) is 0 Å². The molecular formula is C16H20N4O5S2. The van der Waals surface area contributed by atoms with Gasteiger partial charge < -0.3 is 10.2 Å². The van der Waals surface area contributed by atoms with Gasteiger partial charge in [-0.05, 0) is 48.9 Å². The molecule has 2 aromatic carbocycles. The highest BCUT2D eigenvalue weighted by Gasteiger charge is 2.18. The van der Waals surface area contributed by atoms with E-state index < -0.39 is 26.1 Å². The monoisotopic (exact) mass is 412 g/mol. The lowest BCUT2D eigenvalue weighted by Gasteiger charge is -2.25. The molecule has 5 N–H and O–H groups in total. The zero-order valence-electron chi connectivity index (χ0n) is 14.7. The first-order valence-corrected chi connectivity index (χ1v) is 10.8. The summed E-state index contributed by atoms with van der Waals surface area (Å²) in [7, 11) is -6.01. The molecule has 0 bridgehead atoms. The van der Waals surface area contributed by atoms with Crippen molar-refractivity contribution < 1.29 is 21.6 Å². The average molecular weight is 412 g/mol. The summed E-state index contributed by atoms with van der Waals surface area (Å²) in [6.45, 7) is 1.77. The van der Waals surface area contributed by atoms with Crippen LogP contribution in [0.3, 0.4) is 0 Å². The third-order valence-electron chi connectivity index (χ3n) is 4.03. The third kappa shape index (κ3) is 5.26. The maximum atomic E-state index is 12.4. The fourth-order valence-corrected chi connectivity index (χ4v) is 3.31. The highest BCUT2D eigenvalue weighted by atomic mass is 32.2. The molecule has 0 saturated heterocycles. The molecule has 11 heteroatoms. The number of hydrogen-bond donors (Lipinski definition) is 3. The number of carbonyl (C=O) groups excluding carboxylic acids is 1. The van der Waals surface area contributed by atoms with Crippen LogP contribution >= 0.6 is 0 Å². The van der Waals surface area contributed by atoms with Gasteiger partial charge in [0.25, 0.3) is 0 Å². The number of hydrogen-bond acceptors (Lipinski definition) is 5. The Morgan fingerprint density at radius 3 is 1.70 bits per heavy atom. The number of urea groups is 1. The molecule has 0 fully saturated rings. The molecule has 0 spiro atoms. The van der Waals surface area contributed by atoms with E-state index in [1.807, 2.05) is 0 Å². The molecule has 0 radical (unpaired) electrons. The van der Waals surface area contributed by atoms with Crippen LogP contribution in [0.15, 0.2) is 58.3 Å². The van der Waals surface area contributed by atoms with Crippen molar-refractivity contribution in [1.82, 2.24) is 4.90 Å². The molecule has 2 rings (SSSR count). The van der Waals surface area contributed by atoms with Crippen molar-refractivity contribution in [3.63, 3.8) is 0 Å². The second-order valence-electron chi connectivity index (χ2n) is 5.90. The van der Waals surface area contributed by atoms with Gasteiger partial charge in [0.15, 0.2) is 0 Å². The van der Waals surface area contributed by atoms with Crippen molar-refractivity contribution in [3.05, 3.63) is 54.1 Å². The van der Waals surface area contributed by atoms with E-state index in [1.165, 1.54) is 41.3 Å². The van der Waals surface area contributed by atoms with Gasteiger partial charge in [-0.25, -0.2) is 31.9 Å². The normalized spacial score (nSPS) is 13.0. The smallest absolute Gasteiger partial charge is 0.321 e. The number of sulfonamides is 2. The molecule has 9 nitrogen and oxygen atoms in total. The first-order chi connectivity index (χ1) is 12.4. The number of anilines is 1. The summed E-state index contributed by atoms with van der Waals surface area (Å²) < 4.78 is 45.1. The molecule has 1 atom stereocenters. The van der Waals surface area contributed by atoms with Crippen LogP contribution in [-0.4, -0.2) is 34.8 Å². The Morgan fingerprint density at radius 1 is 0.889 bits per heavy atom. The van der Waals surface area contributed by atoms with Gasteiger partial charge in [-0.3, -0.25) is 0 Å². The molecule has 2 amide bonds. The van der Waals surface area contributed by atoms with Crippen molar-refractivity contribution in [2.45, 2.75) is 22.8 Å². The SMILES string of the molecule is CC(c1ccc(S(N)(=O)=O)cc1)N(C)C(=O)Nc1ccc(S(N)(=O)=O)cc1. The Labute approximate surface area is 158 Å². The second kappa shape index (κ2) is 7.64. The average Bonchev–Trinajstić information content (AvgIpc) is 2.59. The van der Waals surface area contributed by atoms with E-state index in [2.05, 4.69) is 5.32 Å². The van der Waals surface area contributed by atoms with Crippen molar-refractivity contribution in [1.29, 1.82) is 0 Å². The number of primary sulfonamides is 2. The van der Waals surface area contributed by atoms with Crippen LogP contribution in [0.25, 0.3) is 0 Å². The Balaban J connectivity index is 2.10. The van der Waals surface area contributed by atoms with Crippen LogP contribution < -0.4 is 15.6 Å². The van der Waals surface area contributed by atoms with Gasteiger partial charge in [0.05, 0.1) is 15.8 Å². The molecule has 0 aliphatic heterocycles. The van der Waals surface area contributed by atoms with Crippen LogP contribution in [0.5, 0.6) is 0 Å². The lowest BCUT2D eigenvalue weighted by Crippen LogP contribution is -2.33. The van der Waals surface area contributed by atoms with Gasteiger partial charge in [0, 0.05) is 12.7 Å². The highest BCUT2D eigenvalue weighted by Crippen LogP contribution is 2.21. The van der Waals surface area contributed by atoms with Gasteiger partial charge in [-0.15, -0.1) is 0 Å². The minimum absolute atomic E-state index is 0.0134. The van der Waals surface area contributed by atoms with E-state index >= 15 is 0 Å². The number of nitrogens with two attached hydrogens (primary N) is 2. The second-order valence-corrected chi connectivity index (χ2v) is 9.02. The minimum atomic E-state index is -3.80. The van der Waals surface area contributed by atoms with Gasteiger partial charge in [-0.1, -0.05) is 12.1 Å². The summed E-state index contributed by atoms with van der Waals surface area (Å²) >= 11 is 0. The molecule has 0 aliphatic carbocycles. The summed E-state index contributed by atoms with van der Waals surface area (Å²) in [5.74, 6) is 0. The molecule has 0 saturated carbocycles. The van der Waals surface area contributed by atoms with Crippen LogP contribution in [-0.2, 0) is 20.0 Å². The maximum absolute atomic E-state index is 12.4. The molecule has 0 heterocycles. The lowest BCUT2D eigenvalue weighted by atomic mass is 10.1. The van der Waals surface area contributed by atoms with Crippen molar-refractivity contribution in [2.75, 3.05) is 12.4 Å². The largest absolute Gasteiger partial charge is 0.322 e. The zero-order valence-corrected chi connectivity index (χ0v) is 16.3. The fraction of sp³-hybridized carbons (Fsp3) is 0.188. The van der Waals surface area contributed by atoms with Crippen molar-refractivity contribution >= 4 is 31.8 Å². The number of nitrogens with one attached hydrogen (secondary N) is 1. The summed E-state index contributed by atoms with van der Waals surface area (Å²) in [5, 5.41) is 12.7. The zero-order chi connectivity index (χ0) is 20.4. The van der Waals surface area contributed by atoms with Crippen molar-refractivity contribution in [2.24, 2.45) is 10.3 Å². The van der Waals surface area contributed by atoms with Crippen LogP contribution in [0.1, 0.15) is 18.5 Å². The Bertz CT molecular complexity index is 1030. The van der Waals surface area contributed by atoms with Gasteiger partial charge >= 0.3 is 6.03 Å². The maximum Gasteiger partial charge on any atom is 0.322 e. The molecule has 1 unspecified atom stereocenters. The first-order valence-electron chi connectivity index (χ1n) is 7.69. The number of carbonyl (C=O) groups is 1. The number of benzene rings is 2. The van der Waals surface area contributed by atoms with E-state index in [9.17, 15) is 21.6 Å². The Kier molecular flexibility index (Phi) is 5.90. The molecule has 27 heavy (non-hydrogen) atoms. The lowest BCUT2D eigenvalue weighted by molar-refractivity contribution is 0.208. The summed E-state index contributed by atoms with van der Waals surface area (Å²) in [5.41, 5.74) is 1.11. The third-order valence-corrected chi connectivity index (χ3v) is 5.88. The fourth-order valence-electron chi connectivity index (χ4n) is 2.28. The van der Waals surface area contributed by atoms with Crippen LogP contribution in [0.2, 0.25) is 0 Å². The summed E-state index contributed by atoms with van der Waals surface area (Å²) in [6.07, 6.45) is 0. The number of amides is 2. The van der Waals surface area contributed by atoms with Crippen molar-refractivity contribution in [3.8, 4) is 0 Å². The molecule has 0 aliphatic rings. The topological polar surface area (TPSA) is 153 Å². The van der Waals surface area contributed by atoms with Crippen LogP contribution in [0.4, 0.5) is 10.5 Å². The van der Waals surface area contributed by atoms with E-state index in [1.54, 1.807) is 26.1 Å². The standard InChI is InChI=1S/C16H20N4O5S2/c1-11(12-3-7-14(8-4-12)26(17,22)23)20(2)16(21)19-13-5-9-15(10-6-13)27(18,24)25/h3-11H,1-2H3,(H,19,21)(H2,17,22,23)(H2,18,24,25). The van der Waals surface area contributed by atoms with E-state index in [0.717, 1.165) is 0 Å². The number of rotatable bonds is 5. The summed E-state index contributed by atoms with van der Waals surface area (Å²) in [4.78, 5) is 13.7. The van der Waals surface area contributed by atoms with Gasteiger partial charge in [-0.2, -0.15) is 0 Å². The molecule has 2 aromatic rings. The Morgan fingerprint density at radius 2 is 1.30 bits per heavy atom.